The minimum atomic E-state index is -0.971. The average molecular weight is 323 g/mol. The Morgan fingerprint density at radius 2 is 2.22 bits per heavy atom. The number of hydrogen-bond donors (Lipinski definition) is 0. The summed E-state index contributed by atoms with van der Waals surface area (Å²) in [5.41, 5.74) is 0.404. The predicted octanol–water partition coefficient (Wildman–Crippen LogP) is 1.80. The zero-order valence-corrected chi connectivity index (χ0v) is 12.5. The number of nitrogens with zero attached hydrogens (tertiary/aromatic N) is 3. The number of aromatic nitrogens is 2. The molecule has 3 rings (SSSR count). The SMILES string of the molecule is Cc1noc(C2COCCN2C(=O)Cc2ccc(F)c(F)c2)n1. The third-order valence-corrected chi connectivity index (χ3v) is 3.62. The van der Waals surface area contributed by atoms with E-state index in [9.17, 15) is 13.6 Å². The molecule has 2 heterocycles. The first-order chi connectivity index (χ1) is 11.0. The van der Waals surface area contributed by atoms with Crippen molar-refractivity contribution in [2.45, 2.75) is 19.4 Å². The molecule has 0 radical (unpaired) electrons. The maximum absolute atomic E-state index is 13.3. The summed E-state index contributed by atoms with van der Waals surface area (Å²) in [6.07, 6.45) is -0.0409. The minimum Gasteiger partial charge on any atom is -0.377 e. The Hall–Kier alpha value is -2.35. The third-order valence-electron chi connectivity index (χ3n) is 3.62. The molecule has 6 nitrogen and oxygen atoms in total. The highest BCUT2D eigenvalue weighted by molar-refractivity contribution is 5.79. The number of hydrogen-bond acceptors (Lipinski definition) is 5. The fourth-order valence-electron chi connectivity index (χ4n) is 2.48. The van der Waals surface area contributed by atoms with Crippen LogP contribution >= 0.6 is 0 Å². The third kappa shape index (κ3) is 3.37. The molecule has 1 saturated heterocycles. The first-order valence-electron chi connectivity index (χ1n) is 7.16. The minimum absolute atomic E-state index is 0.0409. The van der Waals surface area contributed by atoms with Crippen LogP contribution in [0.1, 0.15) is 23.3 Å². The number of rotatable bonds is 3. The Bertz CT molecular complexity index is 720. The molecule has 1 aromatic carbocycles. The number of halogens is 2. The van der Waals surface area contributed by atoms with E-state index >= 15 is 0 Å². The Kier molecular flexibility index (Phi) is 4.33. The molecule has 0 N–H and O–H groups in total. The van der Waals surface area contributed by atoms with Gasteiger partial charge < -0.3 is 14.2 Å². The molecule has 1 fully saturated rings. The van der Waals surface area contributed by atoms with E-state index in [4.69, 9.17) is 9.26 Å². The lowest BCUT2D eigenvalue weighted by Gasteiger charge is -2.33. The maximum atomic E-state index is 13.3. The second-order valence-electron chi connectivity index (χ2n) is 5.28. The summed E-state index contributed by atoms with van der Waals surface area (Å²) >= 11 is 0. The van der Waals surface area contributed by atoms with Crippen molar-refractivity contribution in [2.75, 3.05) is 19.8 Å². The first kappa shape index (κ1) is 15.5. The maximum Gasteiger partial charge on any atom is 0.251 e. The molecule has 0 aliphatic carbocycles. The van der Waals surface area contributed by atoms with E-state index in [2.05, 4.69) is 10.1 Å². The van der Waals surface area contributed by atoms with E-state index in [0.717, 1.165) is 12.1 Å². The number of aryl methyl sites for hydroxylation is 1. The quantitative estimate of drug-likeness (QED) is 0.861. The lowest BCUT2D eigenvalue weighted by molar-refractivity contribution is -0.140. The van der Waals surface area contributed by atoms with Crippen molar-refractivity contribution < 1.29 is 22.8 Å². The fourth-order valence-corrected chi connectivity index (χ4v) is 2.48. The Morgan fingerprint density at radius 1 is 1.39 bits per heavy atom. The lowest BCUT2D eigenvalue weighted by atomic mass is 10.1. The van der Waals surface area contributed by atoms with Gasteiger partial charge >= 0.3 is 0 Å². The van der Waals surface area contributed by atoms with Crippen molar-refractivity contribution in [2.24, 2.45) is 0 Å². The van der Waals surface area contributed by atoms with E-state index in [1.54, 1.807) is 11.8 Å². The van der Waals surface area contributed by atoms with Crippen molar-refractivity contribution >= 4 is 5.91 Å². The van der Waals surface area contributed by atoms with Crippen molar-refractivity contribution in [3.05, 3.63) is 47.1 Å². The number of carbonyl (C=O) groups is 1. The Labute approximate surface area is 131 Å². The second kappa shape index (κ2) is 6.41. The summed E-state index contributed by atoms with van der Waals surface area (Å²) in [5, 5.41) is 3.72. The van der Waals surface area contributed by atoms with Crippen LogP contribution in [0.2, 0.25) is 0 Å². The zero-order valence-electron chi connectivity index (χ0n) is 12.5. The molecule has 1 amide bonds. The van der Waals surface area contributed by atoms with Crippen LogP contribution in [0.15, 0.2) is 22.7 Å². The van der Waals surface area contributed by atoms with Gasteiger partial charge in [0.25, 0.3) is 5.89 Å². The standard InChI is InChI=1S/C15H15F2N3O3/c1-9-18-15(23-19-9)13-8-22-5-4-20(13)14(21)7-10-2-3-11(16)12(17)6-10/h2-3,6,13H,4-5,7-8H2,1H3. The van der Waals surface area contributed by atoms with Crippen LogP contribution in [-0.4, -0.2) is 40.7 Å². The highest BCUT2D eigenvalue weighted by Gasteiger charge is 2.32. The Balaban J connectivity index is 1.77. The van der Waals surface area contributed by atoms with Gasteiger partial charge in [0.2, 0.25) is 5.91 Å². The van der Waals surface area contributed by atoms with Crippen molar-refractivity contribution in [1.29, 1.82) is 0 Å². The Morgan fingerprint density at radius 3 is 2.91 bits per heavy atom. The smallest absolute Gasteiger partial charge is 0.251 e. The fraction of sp³-hybridized carbons (Fsp3) is 0.400. The summed E-state index contributed by atoms with van der Waals surface area (Å²) in [5.74, 6) is -1.37. The van der Waals surface area contributed by atoms with E-state index in [1.165, 1.54) is 6.07 Å². The number of morpholine rings is 1. The van der Waals surface area contributed by atoms with Gasteiger partial charge in [-0.25, -0.2) is 8.78 Å². The normalized spacial score (nSPS) is 18.2. The molecule has 0 saturated carbocycles. The molecule has 8 heteroatoms. The van der Waals surface area contributed by atoms with E-state index in [0.29, 0.717) is 30.4 Å². The monoisotopic (exact) mass is 323 g/mol. The van der Waals surface area contributed by atoms with Crippen molar-refractivity contribution in [1.82, 2.24) is 15.0 Å². The molecule has 2 aromatic rings. The zero-order chi connectivity index (χ0) is 16.4. The van der Waals surface area contributed by atoms with E-state index in [-0.39, 0.29) is 18.9 Å². The summed E-state index contributed by atoms with van der Waals surface area (Å²) in [6, 6.07) is 2.96. The molecular formula is C15H15F2N3O3. The van der Waals surface area contributed by atoms with Gasteiger partial charge in [-0.1, -0.05) is 11.2 Å². The number of ether oxygens (including phenoxy) is 1. The largest absolute Gasteiger partial charge is 0.377 e. The number of benzene rings is 1. The molecule has 1 aliphatic heterocycles. The molecular weight excluding hydrogens is 308 g/mol. The number of carbonyl (C=O) groups excluding carboxylic acids is 1. The molecule has 1 atom stereocenters. The van der Waals surface area contributed by atoms with Crippen molar-refractivity contribution in [3.63, 3.8) is 0 Å². The second-order valence-corrected chi connectivity index (χ2v) is 5.28. The van der Waals surface area contributed by atoms with Gasteiger partial charge in [0.05, 0.1) is 19.6 Å². The van der Waals surface area contributed by atoms with Crippen LogP contribution < -0.4 is 0 Å². The van der Waals surface area contributed by atoms with E-state index in [1.807, 2.05) is 0 Å². The van der Waals surface area contributed by atoms with Crippen LogP contribution in [0, 0.1) is 18.6 Å². The van der Waals surface area contributed by atoms with Crippen LogP contribution in [0.25, 0.3) is 0 Å². The van der Waals surface area contributed by atoms with Crippen molar-refractivity contribution in [3.8, 4) is 0 Å². The summed E-state index contributed by atoms with van der Waals surface area (Å²) < 4.78 is 36.7. The molecule has 0 bridgehead atoms. The van der Waals surface area contributed by atoms with Crippen LogP contribution in [-0.2, 0) is 16.0 Å². The topological polar surface area (TPSA) is 68.5 Å². The number of amides is 1. The summed E-state index contributed by atoms with van der Waals surface area (Å²) in [4.78, 5) is 18.2. The van der Waals surface area contributed by atoms with Crippen LogP contribution in [0.5, 0.6) is 0 Å². The van der Waals surface area contributed by atoms with Gasteiger partial charge in [0.1, 0.15) is 6.04 Å². The van der Waals surface area contributed by atoms with Gasteiger partial charge in [0, 0.05) is 6.54 Å². The lowest BCUT2D eigenvalue weighted by Crippen LogP contribution is -2.44. The average Bonchev–Trinajstić information content (AvgIpc) is 2.97. The van der Waals surface area contributed by atoms with Gasteiger partial charge in [-0.15, -0.1) is 0 Å². The molecule has 0 spiro atoms. The summed E-state index contributed by atoms with van der Waals surface area (Å²) in [6.45, 7) is 2.71. The van der Waals surface area contributed by atoms with Gasteiger partial charge in [-0.05, 0) is 24.6 Å². The van der Waals surface area contributed by atoms with Gasteiger partial charge in [-0.2, -0.15) is 4.98 Å². The molecule has 1 unspecified atom stereocenters. The predicted molar refractivity (Wildman–Crippen MR) is 74.4 cm³/mol. The molecule has 23 heavy (non-hydrogen) atoms. The molecule has 122 valence electrons. The molecule has 1 aliphatic rings. The molecule has 1 aromatic heterocycles. The highest BCUT2D eigenvalue weighted by Crippen LogP contribution is 2.24. The van der Waals surface area contributed by atoms with E-state index < -0.39 is 17.7 Å². The summed E-state index contributed by atoms with van der Waals surface area (Å²) in [7, 11) is 0. The first-order valence-corrected chi connectivity index (χ1v) is 7.16. The highest BCUT2D eigenvalue weighted by atomic mass is 19.2. The van der Waals surface area contributed by atoms with Gasteiger partial charge in [0.15, 0.2) is 17.5 Å². The van der Waals surface area contributed by atoms with Gasteiger partial charge in [-0.3, -0.25) is 4.79 Å². The van der Waals surface area contributed by atoms with Crippen LogP contribution in [0.3, 0.4) is 0 Å². The van der Waals surface area contributed by atoms with Crippen LogP contribution in [0.4, 0.5) is 8.78 Å².